The Labute approximate surface area is 190 Å². The van der Waals surface area contributed by atoms with Gasteiger partial charge in [-0.05, 0) is 40.6 Å². The molecule has 4 nitrogen and oxygen atoms in total. The van der Waals surface area contributed by atoms with E-state index in [-0.39, 0.29) is 5.78 Å². The standard InChI is InChI=1S/C28H31NO3/c1-21(2)23-10-7-22(8-11-23)9-13-27(30)25-12-14-28(26-6-4-3-5-24(25)26)32-20-17-29-15-18-31-19-16-29/h3-14,21H,15-20H2,1-2H3/b13-9+. The van der Waals surface area contributed by atoms with Crippen LogP contribution in [0.25, 0.3) is 16.8 Å². The van der Waals surface area contributed by atoms with Crippen molar-refractivity contribution in [2.24, 2.45) is 0 Å². The quantitative estimate of drug-likeness (QED) is 0.347. The predicted octanol–water partition coefficient (Wildman–Crippen LogP) is 5.57. The van der Waals surface area contributed by atoms with E-state index < -0.39 is 0 Å². The molecule has 32 heavy (non-hydrogen) atoms. The van der Waals surface area contributed by atoms with Crippen LogP contribution < -0.4 is 4.74 Å². The second-order valence-electron chi connectivity index (χ2n) is 8.48. The van der Waals surface area contributed by atoms with E-state index in [0.29, 0.717) is 18.1 Å². The number of fused-ring (bicyclic) bond motifs is 1. The summed E-state index contributed by atoms with van der Waals surface area (Å²) in [6, 6.07) is 20.1. The van der Waals surface area contributed by atoms with Crippen LogP contribution >= 0.6 is 0 Å². The molecular weight excluding hydrogens is 398 g/mol. The summed E-state index contributed by atoms with van der Waals surface area (Å²) in [5, 5.41) is 1.89. The van der Waals surface area contributed by atoms with E-state index in [9.17, 15) is 4.79 Å². The Balaban J connectivity index is 1.48. The number of allylic oxidation sites excluding steroid dienone is 1. The van der Waals surface area contributed by atoms with E-state index in [1.54, 1.807) is 6.08 Å². The van der Waals surface area contributed by atoms with E-state index in [2.05, 4.69) is 43.0 Å². The molecule has 166 valence electrons. The minimum Gasteiger partial charge on any atom is -0.492 e. The fourth-order valence-electron chi connectivity index (χ4n) is 3.98. The van der Waals surface area contributed by atoms with E-state index >= 15 is 0 Å². The van der Waals surface area contributed by atoms with Crippen LogP contribution in [0.5, 0.6) is 5.75 Å². The maximum atomic E-state index is 13.0. The average Bonchev–Trinajstić information content (AvgIpc) is 2.83. The minimum atomic E-state index is -0.00555. The fourth-order valence-corrected chi connectivity index (χ4v) is 3.98. The van der Waals surface area contributed by atoms with Gasteiger partial charge in [-0.2, -0.15) is 0 Å². The lowest BCUT2D eigenvalue weighted by Crippen LogP contribution is -2.38. The van der Waals surface area contributed by atoms with E-state index in [4.69, 9.17) is 9.47 Å². The van der Waals surface area contributed by atoms with E-state index in [1.807, 2.05) is 42.5 Å². The Morgan fingerprint density at radius 3 is 2.44 bits per heavy atom. The zero-order valence-corrected chi connectivity index (χ0v) is 18.9. The van der Waals surface area contributed by atoms with Crippen molar-refractivity contribution >= 4 is 22.6 Å². The molecule has 0 aliphatic carbocycles. The number of hydrogen-bond acceptors (Lipinski definition) is 4. The van der Waals surface area contributed by atoms with Crippen LogP contribution in [0.3, 0.4) is 0 Å². The summed E-state index contributed by atoms with van der Waals surface area (Å²) in [6.45, 7) is 9.31. The molecule has 3 aromatic carbocycles. The molecule has 0 atom stereocenters. The second kappa shape index (κ2) is 10.6. The molecule has 0 saturated carbocycles. The number of carbonyl (C=O) groups is 1. The molecule has 1 fully saturated rings. The molecule has 3 aromatic rings. The van der Waals surface area contributed by atoms with Gasteiger partial charge in [-0.1, -0.05) is 68.5 Å². The SMILES string of the molecule is CC(C)c1ccc(/C=C/C(=O)c2ccc(OCCN3CCOCC3)c3ccccc23)cc1. The van der Waals surface area contributed by atoms with Crippen LogP contribution in [0.4, 0.5) is 0 Å². The highest BCUT2D eigenvalue weighted by atomic mass is 16.5. The van der Waals surface area contributed by atoms with Crippen LogP contribution in [0, 0.1) is 0 Å². The molecule has 1 saturated heterocycles. The lowest BCUT2D eigenvalue weighted by atomic mass is 9.99. The van der Waals surface area contributed by atoms with Gasteiger partial charge in [0.05, 0.1) is 13.2 Å². The monoisotopic (exact) mass is 429 g/mol. The normalized spacial score (nSPS) is 15.0. The molecule has 0 radical (unpaired) electrons. The van der Waals surface area contributed by atoms with Crippen molar-refractivity contribution < 1.29 is 14.3 Å². The molecule has 0 amide bonds. The molecule has 0 aromatic heterocycles. The van der Waals surface area contributed by atoms with Gasteiger partial charge in [0.15, 0.2) is 5.78 Å². The predicted molar refractivity (Wildman–Crippen MR) is 131 cm³/mol. The van der Waals surface area contributed by atoms with Crippen LogP contribution in [-0.2, 0) is 4.74 Å². The van der Waals surface area contributed by atoms with Gasteiger partial charge < -0.3 is 9.47 Å². The van der Waals surface area contributed by atoms with Crippen molar-refractivity contribution in [3.63, 3.8) is 0 Å². The van der Waals surface area contributed by atoms with Gasteiger partial charge in [0, 0.05) is 30.6 Å². The topological polar surface area (TPSA) is 38.8 Å². The number of rotatable bonds is 8. The zero-order valence-electron chi connectivity index (χ0n) is 18.9. The highest BCUT2D eigenvalue weighted by molar-refractivity contribution is 6.15. The Hall–Kier alpha value is -2.95. The van der Waals surface area contributed by atoms with E-state index in [1.165, 1.54) is 5.56 Å². The lowest BCUT2D eigenvalue weighted by molar-refractivity contribution is 0.0323. The molecule has 1 heterocycles. The second-order valence-corrected chi connectivity index (χ2v) is 8.48. The molecule has 0 bridgehead atoms. The van der Waals surface area contributed by atoms with Crippen molar-refractivity contribution in [1.82, 2.24) is 4.90 Å². The van der Waals surface area contributed by atoms with Gasteiger partial charge >= 0.3 is 0 Å². The number of ether oxygens (including phenoxy) is 2. The van der Waals surface area contributed by atoms with Gasteiger partial charge in [0.25, 0.3) is 0 Å². The van der Waals surface area contributed by atoms with Crippen molar-refractivity contribution in [2.45, 2.75) is 19.8 Å². The molecule has 0 spiro atoms. The highest BCUT2D eigenvalue weighted by Gasteiger charge is 2.13. The molecule has 0 unspecified atom stereocenters. The third-order valence-electron chi connectivity index (χ3n) is 5.95. The Kier molecular flexibility index (Phi) is 7.35. The van der Waals surface area contributed by atoms with Crippen LogP contribution in [-0.4, -0.2) is 50.1 Å². The van der Waals surface area contributed by atoms with Gasteiger partial charge in [0.2, 0.25) is 0 Å². The third kappa shape index (κ3) is 5.45. The minimum absolute atomic E-state index is 0.00555. The summed E-state index contributed by atoms with van der Waals surface area (Å²) in [4.78, 5) is 15.3. The first-order valence-electron chi connectivity index (χ1n) is 11.4. The molecule has 1 aliphatic rings. The Morgan fingerprint density at radius 1 is 1.00 bits per heavy atom. The summed E-state index contributed by atoms with van der Waals surface area (Å²) in [7, 11) is 0. The number of hydrogen-bond donors (Lipinski definition) is 0. The van der Waals surface area contributed by atoms with Crippen LogP contribution in [0.15, 0.2) is 66.7 Å². The summed E-state index contributed by atoms with van der Waals surface area (Å²) in [5.41, 5.74) is 3.01. The smallest absolute Gasteiger partial charge is 0.186 e. The molecule has 4 rings (SSSR count). The van der Waals surface area contributed by atoms with Crippen LogP contribution in [0.2, 0.25) is 0 Å². The van der Waals surface area contributed by atoms with Crippen molar-refractivity contribution in [3.05, 3.63) is 83.4 Å². The van der Waals surface area contributed by atoms with Gasteiger partial charge in [-0.15, -0.1) is 0 Å². The van der Waals surface area contributed by atoms with E-state index in [0.717, 1.165) is 54.9 Å². The fraction of sp³-hybridized carbons (Fsp3) is 0.321. The van der Waals surface area contributed by atoms with Gasteiger partial charge in [-0.25, -0.2) is 0 Å². The maximum absolute atomic E-state index is 13.0. The molecule has 0 N–H and O–H groups in total. The summed E-state index contributed by atoms with van der Waals surface area (Å²) in [6.07, 6.45) is 3.54. The largest absolute Gasteiger partial charge is 0.492 e. The van der Waals surface area contributed by atoms with Gasteiger partial charge in [0.1, 0.15) is 12.4 Å². The van der Waals surface area contributed by atoms with Gasteiger partial charge in [-0.3, -0.25) is 9.69 Å². The third-order valence-corrected chi connectivity index (χ3v) is 5.95. The lowest BCUT2D eigenvalue weighted by Gasteiger charge is -2.26. The number of ketones is 1. The highest BCUT2D eigenvalue weighted by Crippen LogP contribution is 2.29. The Bertz CT molecular complexity index is 1080. The molecular formula is C28H31NO3. The summed E-state index contributed by atoms with van der Waals surface area (Å²) >= 11 is 0. The molecule has 4 heteroatoms. The first kappa shape index (κ1) is 22.3. The summed E-state index contributed by atoms with van der Waals surface area (Å²) in [5.74, 6) is 1.31. The average molecular weight is 430 g/mol. The maximum Gasteiger partial charge on any atom is 0.186 e. The van der Waals surface area contributed by atoms with Crippen molar-refractivity contribution in [3.8, 4) is 5.75 Å². The Morgan fingerprint density at radius 2 is 1.72 bits per heavy atom. The van der Waals surface area contributed by atoms with Crippen molar-refractivity contribution in [1.29, 1.82) is 0 Å². The number of morpholine rings is 1. The number of carbonyl (C=O) groups excluding carboxylic acids is 1. The summed E-state index contributed by atoms with van der Waals surface area (Å²) < 4.78 is 11.5. The first-order valence-corrected chi connectivity index (χ1v) is 11.4. The van der Waals surface area contributed by atoms with Crippen LogP contribution in [0.1, 0.15) is 41.3 Å². The zero-order chi connectivity index (χ0) is 22.3. The number of benzene rings is 3. The molecule has 1 aliphatic heterocycles. The number of nitrogens with zero attached hydrogens (tertiary/aromatic N) is 1. The van der Waals surface area contributed by atoms with Crippen molar-refractivity contribution in [2.75, 3.05) is 39.5 Å². The first-order chi connectivity index (χ1) is 15.6.